The molecule has 1 saturated heterocycles. The zero-order valence-corrected chi connectivity index (χ0v) is 22.4. The second kappa shape index (κ2) is 12.1. The van der Waals surface area contributed by atoms with Gasteiger partial charge in [-0.15, -0.1) is 0 Å². The average Bonchev–Trinajstić information content (AvgIpc) is 3.13. The highest BCUT2D eigenvalue weighted by molar-refractivity contribution is 6.01. The van der Waals surface area contributed by atoms with E-state index in [9.17, 15) is 23.1 Å². The number of nitrogens with zero attached hydrogens (tertiary/aromatic N) is 1. The normalized spacial score (nSPS) is 15.5. The van der Waals surface area contributed by atoms with E-state index >= 15 is 0 Å². The van der Waals surface area contributed by atoms with Crippen LogP contribution in [0.3, 0.4) is 0 Å². The fraction of sp³-hybridized carbons (Fsp3) is 0.303. The van der Waals surface area contributed by atoms with E-state index < -0.39 is 12.4 Å². The molecule has 0 bridgehead atoms. The number of aryl methyl sites for hydroxylation is 1. The van der Waals surface area contributed by atoms with Crippen molar-refractivity contribution in [3.05, 3.63) is 105 Å². The summed E-state index contributed by atoms with van der Waals surface area (Å²) in [4.78, 5) is 13.9. The summed E-state index contributed by atoms with van der Waals surface area (Å²) < 4.78 is 45.0. The van der Waals surface area contributed by atoms with Gasteiger partial charge in [0.2, 0.25) is 0 Å². The molecule has 0 unspecified atom stereocenters. The van der Waals surface area contributed by atoms with E-state index in [2.05, 4.69) is 35.2 Å². The van der Waals surface area contributed by atoms with Crippen LogP contribution in [-0.2, 0) is 6.42 Å². The molecule has 7 heteroatoms. The van der Waals surface area contributed by atoms with E-state index in [-0.39, 0.29) is 17.8 Å². The molecular formula is C33H32F3NO3. The third-order valence-corrected chi connectivity index (χ3v) is 7.63. The van der Waals surface area contributed by atoms with Crippen molar-refractivity contribution in [3.63, 3.8) is 0 Å². The molecule has 4 nitrogen and oxygen atoms in total. The number of hydrogen-bond donors (Lipinski definition) is 1. The van der Waals surface area contributed by atoms with E-state index in [1.807, 2.05) is 6.07 Å². The molecule has 0 spiro atoms. The number of likely N-dealkylation sites (tertiary alicyclic amines) is 1. The number of carboxylic acids is 1. The van der Waals surface area contributed by atoms with Crippen LogP contribution < -0.4 is 4.74 Å². The van der Waals surface area contributed by atoms with Crippen LogP contribution in [0.2, 0.25) is 0 Å². The van der Waals surface area contributed by atoms with Crippen molar-refractivity contribution in [1.29, 1.82) is 0 Å². The minimum atomic E-state index is -2.60. The summed E-state index contributed by atoms with van der Waals surface area (Å²) in [6.07, 6.45) is 2.27. The number of alkyl halides is 3. The lowest BCUT2D eigenvalue weighted by Gasteiger charge is -2.33. The van der Waals surface area contributed by atoms with Gasteiger partial charge in [-0.2, -0.15) is 0 Å². The van der Waals surface area contributed by atoms with Crippen molar-refractivity contribution < 1.29 is 27.8 Å². The molecule has 1 aliphatic heterocycles. The first-order chi connectivity index (χ1) is 19.4. The van der Waals surface area contributed by atoms with Crippen LogP contribution in [0.15, 0.2) is 66.2 Å². The number of carboxylic acid groups (broad SMARTS) is 1. The quantitative estimate of drug-likeness (QED) is 0.299. The van der Waals surface area contributed by atoms with E-state index in [4.69, 9.17) is 4.74 Å². The standard InChI is InChI=1S/C33H32F3NO3/c1-40-30-18-25(32(35)36)10-13-28(30)29-5-2-4-24-17-26(33(38)39)11-12-27(24)31(29)23-8-6-21(7-9-23)16-22-19-37(20-22)15-3-14-34/h6-13,16-18,32H,2-5,14-15,19-20H2,1H3,(H,38,39). The smallest absolute Gasteiger partial charge is 0.335 e. The molecular weight excluding hydrogens is 515 g/mol. The number of methoxy groups -OCH3 is 1. The summed E-state index contributed by atoms with van der Waals surface area (Å²) >= 11 is 0. The Balaban J connectivity index is 1.58. The molecule has 1 fully saturated rings. The monoisotopic (exact) mass is 547 g/mol. The number of ether oxygens (including phenoxy) is 1. The van der Waals surface area contributed by atoms with Crippen LogP contribution in [0.4, 0.5) is 13.2 Å². The van der Waals surface area contributed by atoms with Gasteiger partial charge in [-0.25, -0.2) is 13.6 Å². The average molecular weight is 548 g/mol. The van der Waals surface area contributed by atoms with Crippen molar-refractivity contribution in [2.24, 2.45) is 0 Å². The molecule has 0 saturated carbocycles. The minimum Gasteiger partial charge on any atom is -0.496 e. The number of benzene rings is 3. The van der Waals surface area contributed by atoms with Crippen LogP contribution >= 0.6 is 0 Å². The summed E-state index contributed by atoms with van der Waals surface area (Å²) in [6.45, 7) is 2.18. The maximum absolute atomic E-state index is 13.5. The molecule has 40 heavy (non-hydrogen) atoms. The fourth-order valence-electron chi connectivity index (χ4n) is 5.66. The Morgan fingerprint density at radius 3 is 2.45 bits per heavy atom. The van der Waals surface area contributed by atoms with Crippen LogP contribution in [-0.4, -0.2) is 49.4 Å². The highest BCUT2D eigenvalue weighted by atomic mass is 19.3. The van der Waals surface area contributed by atoms with Gasteiger partial charge in [0, 0.05) is 30.8 Å². The Labute approximate surface area is 232 Å². The molecule has 2 aliphatic rings. The first-order valence-corrected chi connectivity index (χ1v) is 13.5. The van der Waals surface area contributed by atoms with Gasteiger partial charge in [0.1, 0.15) is 5.75 Å². The Morgan fingerprint density at radius 1 is 1.02 bits per heavy atom. The molecule has 0 radical (unpaired) electrons. The Kier molecular flexibility index (Phi) is 8.40. The number of rotatable bonds is 9. The van der Waals surface area contributed by atoms with E-state index in [1.165, 1.54) is 24.8 Å². The van der Waals surface area contributed by atoms with Crippen molar-refractivity contribution in [3.8, 4) is 5.75 Å². The Morgan fingerprint density at radius 2 is 1.77 bits per heavy atom. The van der Waals surface area contributed by atoms with Crippen molar-refractivity contribution in [2.45, 2.75) is 32.1 Å². The lowest BCUT2D eigenvalue weighted by Crippen LogP contribution is -2.40. The van der Waals surface area contributed by atoms with Gasteiger partial charge in [-0.05, 0) is 82.9 Å². The third kappa shape index (κ3) is 5.85. The SMILES string of the molecule is COc1cc(C(F)F)ccc1C1=C(c2ccc(C=C3CN(CCCF)C3)cc2)c2ccc(C(=O)O)cc2CCC1. The third-order valence-electron chi connectivity index (χ3n) is 7.63. The van der Waals surface area contributed by atoms with Crippen LogP contribution in [0, 0.1) is 0 Å². The highest BCUT2D eigenvalue weighted by Gasteiger charge is 2.24. The predicted octanol–water partition coefficient (Wildman–Crippen LogP) is 7.69. The Hall–Kier alpha value is -3.84. The molecule has 0 atom stereocenters. The second-order valence-electron chi connectivity index (χ2n) is 10.3. The summed E-state index contributed by atoms with van der Waals surface area (Å²) in [5.74, 6) is -0.585. The van der Waals surface area contributed by atoms with Gasteiger partial charge >= 0.3 is 5.97 Å². The molecule has 0 amide bonds. The van der Waals surface area contributed by atoms with E-state index in [0.29, 0.717) is 25.0 Å². The summed E-state index contributed by atoms with van der Waals surface area (Å²) in [5.41, 5.74) is 8.04. The van der Waals surface area contributed by atoms with Crippen molar-refractivity contribution in [1.82, 2.24) is 4.90 Å². The second-order valence-corrected chi connectivity index (χ2v) is 10.3. The van der Waals surface area contributed by atoms with Crippen molar-refractivity contribution >= 4 is 23.2 Å². The van der Waals surface area contributed by atoms with Gasteiger partial charge in [-0.3, -0.25) is 9.29 Å². The maximum atomic E-state index is 13.5. The van der Waals surface area contributed by atoms with Crippen molar-refractivity contribution in [2.75, 3.05) is 33.4 Å². The van der Waals surface area contributed by atoms with Gasteiger partial charge in [0.25, 0.3) is 6.43 Å². The molecule has 3 aromatic rings. The number of halogens is 3. The molecule has 208 valence electrons. The van der Waals surface area contributed by atoms with Gasteiger partial charge in [-0.1, -0.05) is 48.5 Å². The number of carbonyl (C=O) groups is 1. The van der Waals surface area contributed by atoms with Crippen LogP contribution in [0.5, 0.6) is 5.75 Å². The van der Waals surface area contributed by atoms with Crippen LogP contribution in [0.25, 0.3) is 17.2 Å². The van der Waals surface area contributed by atoms with Crippen LogP contribution in [0.1, 0.15) is 69.4 Å². The number of hydrogen-bond acceptors (Lipinski definition) is 3. The molecule has 0 aromatic heterocycles. The molecule has 1 N–H and O–H groups in total. The number of aromatic carboxylic acids is 1. The molecule has 3 aromatic carbocycles. The zero-order valence-electron chi connectivity index (χ0n) is 22.4. The largest absolute Gasteiger partial charge is 0.496 e. The first kappa shape index (κ1) is 27.7. The summed E-state index contributed by atoms with van der Waals surface area (Å²) in [5, 5.41) is 9.58. The molecule has 5 rings (SSSR count). The number of allylic oxidation sites excluding steroid dienone is 1. The lowest BCUT2D eigenvalue weighted by molar-refractivity contribution is 0.0696. The summed E-state index contributed by atoms with van der Waals surface area (Å²) in [6, 6.07) is 18.0. The van der Waals surface area contributed by atoms with E-state index in [0.717, 1.165) is 65.0 Å². The fourth-order valence-corrected chi connectivity index (χ4v) is 5.66. The number of fused-ring (bicyclic) bond motifs is 1. The minimum absolute atomic E-state index is 0.0977. The first-order valence-electron chi connectivity index (χ1n) is 13.5. The lowest BCUT2D eigenvalue weighted by atomic mass is 9.86. The van der Waals surface area contributed by atoms with Gasteiger partial charge in [0.15, 0.2) is 0 Å². The topological polar surface area (TPSA) is 49.8 Å². The van der Waals surface area contributed by atoms with E-state index in [1.54, 1.807) is 18.2 Å². The summed E-state index contributed by atoms with van der Waals surface area (Å²) in [7, 11) is 1.49. The zero-order chi connectivity index (χ0) is 28.2. The van der Waals surface area contributed by atoms with Gasteiger partial charge < -0.3 is 9.84 Å². The molecule has 1 heterocycles. The van der Waals surface area contributed by atoms with Gasteiger partial charge in [0.05, 0.1) is 19.3 Å². The predicted molar refractivity (Wildman–Crippen MR) is 152 cm³/mol. The maximum Gasteiger partial charge on any atom is 0.335 e. The highest BCUT2D eigenvalue weighted by Crippen LogP contribution is 2.43. The molecule has 1 aliphatic carbocycles. The Bertz CT molecular complexity index is 1450.